The molecule has 1 saturated carbocycles. The lowest BCUT2D eigenvalue weighted by Crippen LogP contribution is -2.50. The van der Waals surface area contributed by atoms with E-state index in [0.29, 0.717) is 36.7 Å². The largest absolute Gasteiger partial charge is 0.379 e. The molecule has 1 aromatic carbocycles. The number of halogens is 1. The van der Waals surface area contributed by atoms with Crippen LogP contribution in [0.5, 0.6) is 0 Å². The highest BCUT2D eigenvalue weighted by Crippen LogP contribution is 2.28. The molecule has 1 aliphatic heterocycles. The predicted octanol–water partition coefficient (Wildman–Crippen LogP) is 3.47. The quantitative estimate of drug-likeness (QED) is 0.147. The van der Waals surface area contributed by atoms with E-state index < -0.39 is 17.9 Å². The summed E-state index contributed by atoms with van der Waals surface area (Å²) in [5.74, 6) is -1.35. The molecule has 10 heteroatoms. The molecule has 2 fully saturated rings. The van der Waals surface area contributed by atoms with Crippen molar-refractivity contribution in [3.8, 4) is 0 Å². The van der Waals surface area contributed by atoms with Crippen LogP contribution in [0, 0.1) is 11.8 Å². The Morgan fingerprint density at radius 2 is 1.74 bits per heavy atom. The van der Waals surface area contributed by atoms with Gasteiger partial charge >= 0.3 is 0 Å². The third kappa shape index (κ3) is 11.8. The summed E-state index contributed by atoms with van der Waals surface area (Å²) >= 11 is 5.97. The number of ether oxygens (including phenoxy) is 1. The number of carbonyl (C=O) groups excluding carboxylic acids is 3. The Balaban J connectivity index is 1.56. The van der Waals surface area contributed by atoms with Gasteiger partial charge in [0.15, 0.2) is 0 Å². The summed E-state index contributed by atoms with van der Waals surface area (Å²) in [5, 5.41) is 15.8. The van der Waals surface area contributed by atoms with Crippen LogP contribution in [0.4, 0.5) is 0 Å². The highest BCUT2D eigenvalue weighted by atomic mass is 35.5. The molecule has 3 amide bonds. The minimum Gasteiger partial charge on any atom is -0.379 e. The van der Waals surface area contributed by atoms with Crippen molar-refractivity contribution in [2.24, 2.45) is 11.8 Å². The Hall–Kier alpha value is -2.20. The Morgan fingerprint density at radius 3 is 2.44 bits per heavy atom. The fourth-order valence-corrected chi connectivity index (χ4v) is 5.66. The molecule has 39 heavy (non-hydrogen) atoms. The predicted molar refractivity (Wildman–Crippen MR) is 150 cm³/mol. The zero-order valence-corrected chi connectivity index (χ0v) is 23.7. The summed E-state index contributed by atoms with van der Waals surface area (Å²) in [6.45, 7) is 4.76. The van der Waals surface area contributed by atoms with Gasteiger partial charge in [-0.25, -0.2) is 5.48 Å². The third-order valence-electron chi connectivity index (χ3n) is 7.84. The average Bonchev–Trinajstić information content (AvgIpc) is 2.96. The molecular weight excluding hydrogens is 520 g/mol. The summed E-state index contributed by atoms with van der Waals surface area (Å²) < 4.78 is 5.39. The van der Waals surface area contributed by atoms with Gasteiger partial charge in [-0.1, -0.05) is 55.8 Å². The Bertz CT molecular complexity index is 888. The van der Waals surface area contributed by atoms with Crippen LogP contribution in [-0.4, -0.2) is 73.3 Å². The molecule has 1 heterocycles. The van der Waals surface area contributed by atoms with Crippen molar-refractivity contribution >= 4 is 29.3 Å². The second-order valence-electron chi connectivity index (χ2n) is 10.9. The Kier molecular flexibility index (Phi) is 14.0. The first kappa shape index (κ1) is 31.3. The van der Waals surface area contributed by atoms with Crippen LogP contribution < -0.4 is 16.1 Å². The molecule has 218 valence electrons. The number of morpholine rings is 1. The van der Waals surface area contributed by atoms with Gasteiger partial charge in [0.05, 0.1) is 13.2 Å². The molecule has 0 spiro atoms. The van der Waals surface area contributed by atoms with Crippen LogP contribution in [0.2, 0.25) is 5.02 Å². The molecule has 3 rings (SSSR count). The maximum absolute atomic E-state index is 13.4. The minimum atomic E-state index is -0.646. The van der Waals surface area contributed by atoms with E-state index in [1.165, 1.54) is 6.42 Å². The van der Waals surface area contributed by atoms with Crippen LogP contribution in [0.1, 0.15) is 69.8 Å². The Labute approximate surface area is 237 Å². The lowest BCUT2D eigenvalue weighted by molar-refractivity contribution is -0.136. The summed E-state index contributed by atoms with van der Waals surface area (Å²) in [5.41, 5.74) is 2.74. The number of aryl methyl sites for hydroxylation is 1. The molecule has 1 aliphatic carbocycles. The van der Waals surface area contributed by atoms with Crippen LogP contribution in [0.3, 0.4) is 0 Å². The molecule has 2 aliphatic rings. The second-order valence-corrected chi connectivity index (χ2v) is 11.3. The van der Waals surface area contributed by atoms with E-state index in [4.69, 9.17) is 21.5 Å². The van der Waals surface area contributed by atoms with Gasteiger partial charge in [-0.15, -0.1) is 0 Å². The number of hydrogen-bond acceptors (Lipinski definition) is 6. The van der Waals surface area contributed by atoms with E-state index in [1.807, 2.05) is 24.3 Å². The molecule has 0 aromatic heterocycles. The van der Waals surface area contributed by atoms with Gasteiger partial charge in [0.2, 0.25) is 17.7 Å². The highest BCUT2D eigenvalue weighted by molar-refractivity contribution is 6.30. The standard InChI is InChI=1S/C29H45ClN4O5/c30-25-12-10-22(11-13-25)8-4-9-24(21-27(35)33-38)28(36)32-26(20-23-6-2-1-3-7-23)29(37)31-14-5-15-34-16-18-39-19-17-34/h10-13,23-24,26,38H,1-9,14-21H2,(H,31,37)(H,32,36)(H,33,35)/t24-,26+/m1/s1. The fraction of sp³-hybridized carbons (Fsp3) is 0.690. The maximum atomic E-state index is 13.4. The molecular formula is C29H45ClN4O5. The van der Waals surface area contributed by atoms with E-state index in [1.54, 1.807) is 5.48 Å². The van der Waals surface area contributed by atoms with Crippen molar-refractivity contribution in [1.29, 1.82) is 0 Å². The minimum absolute atomic E-state index is 0.139. The van der Waals surface area contributed by atoms with Gasteiger partial charge in [0.1, 0.15) is 6.04 Å². The van der Waals surface area contributed by atoms with Crippen molar-refractivity contribution in [1.82, 2.24) is 21.0 Å². The van der Waals surface area contributed by atoms with Gasteiger partial charge < -0.3 is 15.4 Å². The van der Waals surface area contributed by atoms with Crippen molar-refractivity contribution in [2.75, 3.05) is 39.4 Å². The number of rotatable bonds is 15. The number of hydroxylamine groups is 1. The fourth-order valence-electron chi connectivity index (χ4n) is 5.54. The van der Waals surface area contributed by atoms with E-state index in [-0.39, 0.29) is 18.2 Å². The molecule has 1 saturated heterocycles. The zero-order valence-electron chi connectivity index (χ0n) is 23.0. The van der Waals surface area contributed by atoms with Gasteiger partial charge in [0.25, 0.3) is 0 Å². The SMILES string of the molecule is O=C(C[C@@H](CCCc1ccc(Cl)cc1)C(=O)N[C@@H](CC1CCCCC1)C(=O)NCCCN1CCOCC1)NO. The molecule has 0 bridgehead atoms. The van der Waals surface area contributed by atoms with Crippen LogP contribution >= 0.6 is 11.6 Å². The third-order valence-corrected chi connectivity index (χ3v) is 8.09. The van der Waals surface area contributed by atoms with Gasteiger partial charge in [-0.3, -0.25) is 24.5 Å². The first-order valence-electron chi connectivity index (χ1n) is 14.5. The van der Waals surface area contributed by atoms with E-state index in [0.717, 1.165) is 76.9 Å². The number of hydrogen-bond donors (Lipinski definition) is 4. The average molecular weight is 565 g/mol. The molecule has 1 aromatic rings. The topological polar surface area (TPSA) is 120 Å². The number of carbonyl (C=O) groups is 3. The van der Waals surface area contributed by atoms with Crippen molar-refractivity contribution < 1.29 is 24.3 Å². The molecule has 4 N–H and O–H groups in total. The first-order valence-corrected chi connectivity index (χ1v) is 14.9. The highest BCUT2D eigenvalue weighted by Gasteiger charge is 2.29. The smallest absolute Gasteiger partial charge is 0.244 e. The van der Waals surface area contributed by atoms with E-state index >= 15 is 0 Å². The lowest BCUT2D eigenvalue weighted by Gasteiger charge is -2.28. The number of amides is 3. The normalized spacial score (nSPS) is 18.2. The van der Waals surface area contributed by atoms with E-state index in [9.17, 15) is 14.4 Å². The van der Waals surface area contributed by atoms with E-state index in [2.05, 4.69) is 15.5 Å². The first-order chi connectivity index (χ1) is 18.9. The monoisotopic (exact) mass is 564 g/mol. The van der Waals surface area contributed by atoms with Crippen LogP contribution in [-0.2, 0) is 25.5 Å². The lowest BCUT2D eigenvalue weighted by atomic mass is 9.84. The Morgan fingerprint density at radius 1 is 1.03 bits per heavy atom. The number of nitrogens with zero attached hydrogens (tertiary/aromatic N) is 1. The van der Waals surface area contributed by atoms with Crippen molar-refractivity contribution in [2.45, 2.75) is 76.7 Å². The van der Waals surface area contributed by atoms with Gasteiger partial charge in [0, 0.05) is 37.0 Å². The maximum Gasteiger partial charge on any atom is 0.244 e. The zero-order chi connectivity index (χ0) is 27.9. The molecule has 0 radical (unpaired) electrons. The second kappa shape index (κ2) is 17.5. The van der Waals surface area contributed by atoms with Crippen LogP contribution in [0.15, 0.2) is 24.3 Å². The van der Waals surface area contributed by atoms with Crippen LogP contribution in [0.25, 0.3) is 0 Å². The molecule has 0 unspecified atom stereocenters. The summed E-state index contributed by atoms with van der Waals surface area (Å²) in [6, 6.07) is 6.91. The number of nitrogens with one attached hydrogen (secondary N) is 3. The van der Waals surface area contributed by atoms with Gasteiger partial charge in [-0.2, -0.15) is 0 Å². The number of benzene rings is 1. The summed E-state index contributed by atoms with van der Waals surface area (Å²) in [4.78, 5) is 41.0. The summed E-state index contributed by atoms with van der Waals surface area (Å²) in [6.07, 6.45) is 8.81. The molecule has 9 nitrogen and oxygen atoms in total. The van der Waals surface area contributed by atoms with Crippen molar-refractivity contribution in [3.63, 3.8) is 0 Å². The van der Waals surface area contributed by atoms with Crippen molar-refractivity contribution in [3.05, 3.63) is 34.9 Å². The van der Waals surface area contributed by atoms with Gasteiger partial charge in [-0.05, 0) is 62.3 Å². The molecule has 2 atom stereocenters. The summed E-state index contributed by atoms with van der Waals surface area (Å²) in [7, 11) is 0.